The maximum Gasteiger partial charge on any atom is 0.573 e. The molecule has 1 amide bonds. The highest BCUT2D eigenvalue weighted by Gasteiger charge is 2.31. The van der Waals surface area contributed by atoms with E-state index in [1.54, 1.807) is 6.07 Å². The Morgan fingerprint density at radius 2 is 1.70 bits per heavy atom. The van der Waals surface area contributed by atoms with Crippen molar-refractivity contribution in [1.29, 1.82) is 0 Å². The molecule has 0 bridgehead atoms. The molecule has 0 aliphatic rings. The van der Waals surface area contributed by atoms with E-state index in [-0.39, 0.29) is 5.75 Å². The maximum absolute atomic E-state index is 12.4. The van der Waals surface area contributed by atoms with Crippen molar-refractivity contribution in [2.75, 3.05) is 0 Å². The molecule has 1 aromatic heterocycles. The lowest BCUT2D eigenvalue weighted by molar-refractivity contribution is -0.274. The second-order valence-corrected chi connectivity index (χ2v) is 9.31. The van der Waals surface area contributed by atoms with Crippen LogP contribution in [0.25, 0.3) is 10.6 Å². The second kappa shape index (κ2) is 10.2. The lowest BCUT2D eigenvalue weighted by Crippen LogP contribution is -2.32. The summed E-state index contributed by atoms with van der Waals surface area (Å²) in [5.41, 5.74) is 2.01. The summed E-state index contributed by atoms with van der Waals surface area (Å²) in [5.74, 6) is -0.294. The molecule has 0 fully saturated rings. The number of ether oxygens (including phenoxy) is 2. The number of amides is 1. The first-order valence-electron chi connectivity index (χ1n) is 10.2. The van der Waals surface area contributed by atoms with Gasteiger partial charge in [-0.1, -0.05) is 47.7 Å². The standard InChI is InChI=1S/C23H24F3N3O3S/c1-22(2,3)32-21(30)27-14-16-9-7-15(8-10-16)11-12-19-28-29-20(33-19)17-5-4-6-18(13-17)31-23(24,25)26/h4-10,13H,11-12,14H2,1-3H3,(H,27,30). The number of benzene rings is 2. The fraction of sp³-hybridized carbons (Fsp3) is 0.348. The Balaban J connectivity index is 1.52. The van der Waals surface area contributed by atoms with Gasteiger partial charge in [0.25, 0.3) is 0 Å². The number of alkyl carbamates (subject to hydrolysis) is 1. The number of hydrogen-bond donors (Lipinski definition) is 1. The number of halogens is 3. The van der Waals surface area contributed by atoms with Gasteiger partial charge in [-0.25, -0.2) is 4.79 Å². The third kappa shape index (κ3) is 8.38. The summed E-state index contributed by atoms with van der Waals surface area (Å²) in [6.07, 6.45) is -3.83. The molecule has 0 spiro atoms. The van der Waals surface area contributed by atoms with Gasteiger partial charge in [0.2, 0.25) is 0 Å². The van der Waals surface area contributed by atoms with E-state index in [1.807, 2.05) is 45.0 Å². The predicted octanol–water partition coefficient (Wildman–Crippen LogP) is 5.91. The van der Waals surface area contributed by atoms with Gasteiger partial charge < -0.3 is 14.8 Å². The van der Waals surface area contributed by atoms with Gasteiger partial charge in [0, 0.05) is 18.5 Å². The molecule has 0 radical (unpaired) electrons. The fourth-order valence-electron chi connectivity index (χ4n) is 2.86. The maximum atomic E-state index is 12.4. The van der Waals surface area contributed by atoms with Gasteiger partial charge in [-0.15, -0.1) is 23.4 Å². The molecular weight excluding hydrogens is 455 g/mol. The highest BCUT2D eigenvalue weighted by Crippen LogP contribution is 2.30. The molecule has 10 heteroatoms. The van der Waals surface area contributed by atoms with Crippen LogP contribution in [-0.2, 0) is 24.1 Å². The Morgan fingerprint density at radius 1 is 1.00 bits per heavy atom. The van der Waals surface area contributed by atoms with Crippen LogP contribution in [0.3, 0.4) is 0 Å². The predicted molar refractivity (Wildman–Crippen MR) is 119 cm³/mol. The third-order valence-corrected chi connectivity index (χ3v) is 5.30. The zero-order valence-electron chi connectivity index (χ0n) is 18.4. The SMILES string of the molecule is CC(C)(C)OC(=O)NCc1ccc(CCc2nnc(-c3cccc(OC(F)(F)F)c3)s2)cc1. The molecular formula is C23H24F3N3O3S. The van der Waals surface area contributed by atoms with Crippen LogP contribution in [0, 0.1) is 0 Å². The summed E-state index contributed by atoms with van der Waals surface area (Å²) < 4.78 is 46.5. The fourth-order valence-corrected chi connectivity index (χ4v) is 3.70. The van der Waals surface area contributed by atoms with Gasteiger partial charge in [-0.3, -0.25) is 0 Å². The first-order valence-corrected chi connectivity index (χ1v) is 11.0. The van der Waals surface area contributed by atoms with Gasteiger partial charge in [0.15, 0.2) is 0 Å². The molecule has 1 N–H and O–H groups in total. The molecule has 0 saturated carbocycles. The van der Waals surface area contributed by atoms with Crippen molar-refractivity contribution in [3.8, 4) is 16.3 Å². The van der Waals surface area contributed by atoms with Crippen molar-refractivity contribution < 1.29 is 27.4 Å². The monoisotopic (exact) mass is 479 g/mol. The van der Waals surface area contributed by atoms with Crippen LogP contribution in [0.15, 0.2) is 48.5 Å². The van der Waals surface area contributed by atoms with Gasteiger partial charge in [0.1, 0.15) is 21.4 Å². The van der Waals surface area contributed by atoms with Gasteiger partial charge in [-0.2, -0.15) is 0 Å². The van der Waals surface area contributed by atoms with Crippen LogP contribution in [0.4, 0.5) is 18.0 Å². The first kappa shape index (κ1) is 24.5. The quantitative estimate of drug-likeness (QED) is 0.456. The lowest BCUT2D eigenvalue weighted by atomic mass is 10.1. The molecule has 3 rings (SSSR count). The number of rotatable bonds is 7. The Labute approximate surface area is 193 Å². The number of nitrogens with zero attached hydrogens (tertiary/aromatic N) is 2. The van der Waals surface area contributed by atoms with E-state index in [1.165, 1.54) is 29.5 Å². The molecule has 0 aliphatic heterocycles. The second-order valence-electron chi connectivity index (χ2n) is 8.25. The normalized spacial score (nSPS) is 11.8. The van der Waals surface area contributed by atoms with E-state index in [4.69, 9.17) is 4.74 Å². The van der Waals surface area contributed by atoms with E-state index in [9.17, 15) is 18.0 Å². The topological polar surface area (TPSA) is 73.3 Å². The summed E-state index contributed by atoms with van der Waals surface area (Å²) in [6.45, 7) is 5.79. The van der Waals surface area contributed by atoms with Crippen molar-refractivity contribution in [2.24, 2.45) is 0 Å². The van der Waals surface area contributed by atoms with Crippen molar-refractivity contribution in [3.63, 3.8) is 0 Å². The number of aryl methyl sites for hydroxylation is 2. The van der Waals surface area contributed by atoms with Crippen molar-refractivity contribution in [3.05, 3.63) is 64.7 Å². The number of hydrogen-bond acceptors (Lipinski definition) is 6. The van der Waals surface area contributed by atoms with Gasteiger partial charge in [0.05, 0.1) is 0 Å². The largest absolute Gasteiger partial charge is 0.573 e. The van der Waals surface area contributed by atoms with Crippen LogP contribution in [0.5, 0.6) is 5.75 Å². The van der Waals surface area contributed by atoms with Crippen LogP contribution in [0.2, 0.25) is 0 Å². The Bertz CT molecular complexity index is 1080. The summed E-state index contributed by atoms with van der Waals surface area (Å²) in [5, 5.41) is 12.3. The molecule has 1 heterocycles. The minimum absolute atomic E-state index is 0.294. The van der Waals surface area contributed by atoms with Gasteiger partial charge >= 0.3 is 12.5 Å². The van der Waals surface area contributed by atoms with Crippen molar-refractivity contribution >= 4 is 17.4 Å². The molecule has 0 unspecified atom stereocenters. The molecule has 0 saturated heterocycles. The van der Waals surface area contributed by atoms with Crippen LogP contribution >= 0.6 is 11.3 Å². The van der Waals surface area contributed by atoms with E-state index < -0.39 is 18.1 Å². The number of nitrogens with one attached hydrogen (secondary N) is 1. The third-order valence-electron chi connectivity index (χ3n) is 4.27. The Hall–Kier alpha value is -3.14. The average molecular weight is 480 g/mol. The number of alkyl halides is 3. The van der Waals surface area contributed by atoms with Crippen molar-refractivity contribution in [2.45, 2.75) is 52.1 Å². The van der Waals surface area contributed by atoms with E-state index >= 15 is 0 Å². The van der Waals surface area contributed by atoms with Crippen molar-refractivity contribution in [1.82, 2.24) is 15.5 Å². The summed E-state index contributed by atoms with van der Waals surface area (Å²) in [6, 6.07) is 13.5. The molecule has 33 heavy (non-hydrogen) atoms. The smallest absolute Gasteiger partial charge is 0.444 e. The summed E-state index contributed by atoms with van der Waals surface area (Å²) in [7, 11) is 0. The zero-order chi connectivity index (χ0) is 24.1. The molecule has 3 aromatic rings. The molecule has 6 nitrogen and oxygen atoms in total. The van der Waals surface area contributed by atoms with Crippen LogP contribution in [0.1, 0.15) is 36.9 Å². The van der Waals surface area contributed by atoms with E-state index in [0.29, 0.717) is 23.5 Å². The van der Waals surface area contributed by atoms with E-state index in [2.05, 4.69) is 20.3 Å². The molecule has 2 aromatic carbocycles. The molecule has 176 valence electrons. The number of carbonyl (C=O) groups excluding carboxylic acids is 1. The molecule has 0 aliphatic carbocycles. The van der Waals surface area contributed by atoms with Crippen LogP contribution < -0.4 is 10.1 Å². The summed E-state index contributed by atoms with van der Waals surface area (Å²) >= 11 is 1.33. The van der Waals surface area contributed by atoms with E-state index in [0.717, 1.165) is 22.6 Å². The highest BCUT2D eigenvalue weighted by molar-refractivity contribution is 7.14. The average Bonchev–Trinajstić information content (AvgIpc) is 3.18. The zero-order valence-corrected chi connectivity index (χ0v) is 19.2. The van der Waals surface area contributed by atoms with Crippen LogP contribution in [-0.4, -0.2) is 28.3 Å². The molecule has 0 atom stereocenters. The number of carbonyl (C=O) groups is 1. The summed E-state index contributed by atoms with van der Waals surface area (Å²) in [4.78, 5) is 11.7. The highest BCUT2D eigenvalue weighted by atomic mass is 32.1. The Morgan fingerprint density at radius 3 is 2.36 bits per heavy atom. The Kier molecular flexibility index (Phi) is 7.57. The first-order chi connectivity index (χ1) is 15.5. The van der Waals surface area contributed by atoms with Gasteiger partial charge in [-0.05, 0) is 50.5 Å². The minimum Gasteiger partial charge on any atom is -0.444 e. The lowest BCUT2D eigenvalue weighted by Gasteiger charge is -2.19. The number of aromatic nitrogens is 2. The minimum atomic E-state index is -4.74.